The van der Waals surface area contributed by atoms with Crippen LogP contribution in [-0.4, -0.2) is 34.8 Å². The van der Waals surface area contributed by atoms with E-state index in [0.717, 1.165) is 66.1 Å². The second-order valence-electron chi connectivity index (χ2n) is 8.36. The molecule has 1 fully saturated rings. The van der Waals surface area contributed by atoms with Gasteiger partial charge in [-0.2, -0.15) is 0 Å². The summed E-state index contributed by atoms with van der Waals surface area (Å²) in [5.41, 5.74) is 5.15. The maximum absolute atomic E-state index is 12.3. The summed E-state index contributed by atoms with van der Waals surface area (Å²) in [6.07, 6.45) is 3.81. The van der Waals surface area contributed by atoms with E-state index in [1.54, 1.807) is 0 Å². The molecule has 2 heterocycles. The lowest BCUT2D eigenvalue weighted by Crippen LogP contribution is -2.35. The van der Waals surface area contributed by atoms with Crippen LogP contribution in [0.4, 0.5) is 10.5 Å². The van der Waals surface area contributed by atoms with Crippen molar-refractivity contribution in [1.82, 2.24) is 14.9 Å². The van der Waals surface area contributed by atoms with Gasteiger partial charge in [-0.15, -0.1) is 0 Å². The van der Waals surface area contributed by atoms with Gasteiger partial charge in [0, 0.05) is 30.9 Å². The lowest BCUT2D eigenvalue weighted by Gasteiger charge is -2.12. The van der Waals surface area contributed by atoms with Gasteiger partial charge >= 0.3 is 6.03 Å². The molecule has 0 spiro atoms. The number of urea groups is 1. The summed E-state index contributed by atoms with van der Waals surface area (Å²) in [6, 6.07) is 26.4. The number of nitrogens with one attached hydrogen (secondary N) is 2. The SMILES string of the molecule is O=C(NCC1CCCO1)Nc1cccc(CCc2nc3ccccc3n2-c2ccccc2)c1. The van der Waals surface area contributed by atoms with Crippen molar-refractivity contribution in [2.24, 2.45) is 0 Å². The fraction of sp³-hybridized carbons (Fsp3) is 0.259. The number of aromatic nitrogens is 2. The van der Waals surface area contributed by atoms with E-state index in [1.165, 1.54) is 0 Å². The van der Waals surface area contributed by atoms with Crippen LogP contribution in [0.1, 0.15) is 24.2 Å². The number of hydrogen-bond acceptors (Lipinski definition) is 3. The molecule has 6 heteroatoms. The Labute approximate surface area is 193 Å². The molecule has 2 amide bonds. The van der Waals surface area contributed by atoms with Crippen molar-refractivity contribution in [3.05, 3.63) is 90.3 Å². The zero-order chi connectivity index (χ0) is 22.5. The van der Waals surface area contributed by atoms with E-state index in [9.17, 15) is 4.79 Å². The Morgan fingerprint density at radius 3 is 2.70 bits per heavy atom. The highest BCUT2D eigenvalue weighted by Crippen LogP contribution is 2.23. The molecule has 3 aromatic carbocycles. The molecule has 1 aliphatic heterocycles. The van der Waals surface area contributed by atoms with Crippen molar-refractivity contribution < 1.29 is 9.53 Å². The third-order valence-corrected chi connectivity index (χ3v) is 5.98. The van der Waals surface area contributed by atoms with E-state index in [1.807, 2.05) is 48.5 Å². The van der Waals surface area contributed by atoms with Gasteiger partial charge in [0.15, 0.2) is 0 Å². The highest BCUT2D eigenvalue weighted by Gasteiger charge is 2.16. The van der Waals surface area contributed by atoms with Crippen molar-refractivity contribution in [2.75, 3.05) is 18.5 Å². The van der Waals surface area contributed by atoms with Crippen molar-refractivity contribution in [2.45, 2.75) is 31.8 Å². The van der Waals surface area contributed by atoms with Crippen LogP contribution in [0.3, 0.4) is 0 Å². The summed E-state index contributed by atoms with van der Waals surface area (Å²) in [5.74, 6) is 1.02. The van der Waals surface area contributed by atoms with Crippen molar-refractivity contribution in [1.29, 1.82) is 0 Å². The molecule has 1 aromatic heterocycles. The topological polar surface area (TPSA) is 68.2 Å². The molecule has 1 saturated heterocycles. The molecule has 33 heavy (non-hydrogen) atoms. The quantitative estimate of drug-likeness (QED) is 0.420. The highest BCUT2D eigenvalue weighted by molar-refractivity contribution is 5.89. The smallest absolute Gasteiger partial charge is 0.319 e. The molecule has 0 saturated carbocycles. The van der Waals surface area contributed by atoms with Crippen LogP contribution >= 0.6 is 0 Å². The zero-order valence-electron chi connectivity index (χ0n) is 18.5. The number of para-hydroxylation sites is 3. The number of nitrogens with zero attached hydrogens (tertiary/aromatic N) is 2. The summed E-state index contributed by atoms with van der Waals surface area (Å²) in [6.45, 7) is 1.33. The second-order valence-corrected chi connectivity index (χ2v) is 8.36. The number of rotatable bonds is 7. The molecule has 4 aromatic rings. The number of carbonyl (C=O) groups excluding carboxylic acids is 1. The predicted octanol–water partition coefficient (Wildman–Crippen LogP) is 5.11. The largest absolute Gasteiger partial charge is 0.376 e. The minimum absolute atomic E-state index is 0.131. The Morgan fingerprint density at radius 2 is 1.85 bits per heavy atom. The molecule has 6 nitrogen and oxygen atoms in total. The van der Waals surface area contributed by atoms with Crippen LogP contribution in [0, 0.1) is 0 Å². The molecule has 1 atom stereocenters. The third-order valence-electron chi connectivity index (χ3n) is 5.98. The Balaban J connectivity index is 1.28. The second kappa shape index (κ2) is 9.88. The van der Waals surface area contributed by atoms with Crippen LogP contribution in [0.15, 0.2) is 78.9 Å². The number of ether oxygens (including phenoxy) is 1. The monoisotopic (exact) mass is 440 g/mol. The van der Waals surface area contributed by atoms with Crippen molar-refractivity contribution in [3.8, 4) is 5.69 Å². The molecule has 1 aliphatic rings. The molecule has 0 radical (unpaired) electrons. The van der Waals surface area contributed by atoms with Gasteiger partial charge in [0.1, 0.15) is 5.82 Å². The number of amides is 2. The normalized spacial score (nSPS) is 15.6. The Bertz CT molecular complexity index is 1230. The van der Waals surface area contributed by atoms with E-state index >= 15 is 0 Å². The molecule has 5 rings (SSSR count). The predicted molar refractivity (Wildman–Crippen MR) is 131 cm³/mol. The number of hydrogen-bond donors (Lipinski definition) is 2. The van der Waals surface area contributed by atoms with Gasteiger partial charge < -0.3 is 15.4 Å². The molecular weight excluding hydrogens is 412 g/mol. The lowest BCUT2D eigenvalue weighted by atomic mass is 10.1. The van der Waals surface area contributed by atoms with E-state index in [4.69, 9.17) is 9.72 Å². The number of carbonyl (C=O) groups is 1. The summed E-state index contributed by atoms with van der Waals surface area (Å²) in [7, 11) is 0. The number of anilines is 1. The Hall–Kier alpha value is -3.64. The van der Waals surface area contributed by atoms with Gasteiger partial charge in [0.25, 0.3) is 0 Å². The molecule has 0 bridgehead atoms. The standard InChI is InChI=1S/C27H28N4O2/c32-27(28-19-23-12-7-17-33-23)29-21-9-6-8-20(18-21)15-16-26-30-24-13-4-5-14-25(24)31(26)22-10-2-1-3-11-22/h1-6,8-11,13-14,18,23H,7,12,15-17,19H2,(H2,28,29,32). The maximum Gasteiger partial charge on any atom is 0.319 e. The first-order valence-electron chi connectivity index (χ1n) is 11.5. The molecule has 0 aliphatic carbocycles. The first-order chi connectivity index (χ1) is 16.3. The highest BCUT2D eigenvalue weighted by atomic mass is 16.5. The zero-order valence-corrected chi connectivity index (χ0v) is 18.5. The fourth-order valence-electron chi connectivity index (χ4n) is 4.36. The number of imidazole rings is 1. The van der Waals surface area contributed by atoms with Crippen LogP contribution < -0.4 is 10.6 Å². The summed E-state index contributed by atoms with van der Waals surface area (Å²) in [4.78, 5) is 17.2. The number of benzene rings is 3. The summed E-state index contributed by atoms with van der Waals surface area (Å²) < 4.78 is 7.79. The lowest BCUT2D eigenvalue weighted by molar-refractivity contribution is 0.112. The molecule has 2 N–H and O–H groups in total. The van der Waals surface area contributed by atoms with Gasteiger partial charge in [-0.3, -0.25) is 4.57 Å². The molecular formula is C27H28N4O2. The van der Waals surface area contributed by atoms with E-state index < -0.39 is 0 Å². The minimum atomic E-state index is -0.200. The average Bonchev–Trinajstić information content (AvgIpc) is 3.50. The summed E-state index contributed by atoms with van der Waals surface area (Å²) >= 11 is 0. The van der Waals surface area contributed by atoms with E-state index in [2.05, 4.69) is 45.5 Å². The van der Waals surface area contributed by atoms with E-state index in [-0.39, 0.29) is 12.1 Å². The Morgan fingerprint density at radius 1 is 1.00 bits per heavy atom. The van der Waals surface area contributed by atoms with Crippen molar-refractivity contribution in [3.63, 3.8) is 0 Å². The molecule has 168 valence electrons. The van der Waals surface area contributed by atoms with Crippen LogP contribution in [0.25, 0.3) is 16.7 Å². The fourth-order valence-corrected chi connectivity index (χ4v) is 4.36. The van der Waals surface area contributed by atoms with E-state index in [0.29, 0.717) is 6.54 Å². The third kappa shape index (κ3) is 5.07. The first kappa shape index (κ1) is 21.2. The first-order valence-corrected chi connectivity index (χ1v) is 11.5. The number of aryl methyl sites for hydroxylation is 2. The van der Waals surface area contributed by atoms with Crippen molar-refractivity contribution >= 4 is 22.8 Å². The van der Waals surface area contributed by atoms with Gasteiger partial charge in [-0.1, -0.05) is 42.5 Å². The molecule has 1 unspecified atom stereocenters. The average molecular weight is 441 g/mol. The Kier molecular flexibility index (Phi) is 6.35. The van der Waals surface area contributed by atoms with Gasteiger partial charge in [0.05, 0.1) is 17.1 Å². The number of fused-ring (bicyclic) bond motifs is 1. The maximum atomic E-state index is 12.3. The van der Waals surface area contributed by atoms with Gasteiger partial charge in [0.2, 0.25) is 0 Å². The van der Waals surface area contributed by atoms with Crippen LogP contribution in [-0.2, 0) is 17.6 Å². The van der Waals surface area contributed by atoms with Crippen LogP contribution in [0.2, 0.25) is 0 Å². The summed E-state index contributed by atoms with van der Waals surface area (Å²) in [5, 5.41) is 5.84. The van der Waals surface area contributed by atoms with Crippen LogP contribution in [0.5, 0.6) is 0 Å². The minimum Gasteiger partial charge on any atom is -0.376 e. The van der Waals surface area contributed by atoms with Gasteiger partial charge in [-0.25, -0.2) is 9.78 Å². The van der Waals surface area contributed by atoms with Gasteiger partial charge in [-0.05, 0) is 61.2 Å².